The summed E-state index contributed by atoms with van der Waals surface area (Å²) in [4.78, 5) is 27.4. The van der Waals surface area contributed by atoms with Crippen LogP contribution in [0.1, 0.15) is 36.0 Å². The van der Waals surface area contributed by atoms with Gasteiger partial charge in [-0.05, 0) is 31.4 Å². The Balaban J connectivity index is 2.58. The van der Waals surface area contributed by atoms with Crippen molar-refractivity contribution < 1.29 is 14.3 Å². The van der Waals surface area contributed by atoms with Crippen LogP contribution in [-0.2, 0) is 9.53 Å². The number of pyridine rings is 1. The highest BCUT2D eigenvalue weighted by atomic mass is 16.5. The molecule has 6 nitrogen and oxygen atoms in total. The average molecular weight is 275 g/mol. The molecule has 0 saturated carbocycles. The van der Waals surface area contributed by atoms with Gasteiger partial charge < -0.3 is 10.1 Å². The van der Waals surface area contributed by atoms with Crippen molar-refractivity contribution in [3.8, 4) is 6.07 Å². The molecule has 0 spiro atoms. The number of methoxy groups -OCH3 is 1. The van der Waals surface area contributed by atoms with E-state index >= 15 is 0 Å². The van der Waals surface area contributed by atoms with Gasteiger partial charge in [0.25, 0.3) is 5.91 Å². The van der Waals surface area contributed by atoms with E-state index in [1.165, 1.54) is 19.5 Å². The second-order valence-electron chi connectivity index (χ2n) is 4.19. The van der Waals surface area contributed by atoms with E-state index in [-0.39, 0.29) is 5.91 Å². The molecule has 0 bridgehead atoms. The fourth-order valence-electron chi connectivity index (χ4n) is 1.69. The lowest BCUT2D eigenvalue weighted by Crippen LogP contribution is -2.41. The van der Waals surface area contributed by atoms with Gasteiger partial charge in [0.2, 0.25) is 0 Å². The number of carbonyl (C=O) groups is 2. The number of esters is 1. The van der Waals surface area contributed by atoms with Crippen LogP contribution in [-0.4, -0.2) is 30.0 Å². The zero-order valence-corrected chi connectivity index (χ0v) is 11.3. The summed E-state index contributed by atoms with van der Waals surface area (Å²) in [6.45, 7) is 0. The van der Waals surface area contributed by atoms with Crippen molar-refractivity contribution in [3.63, 3.8) is 0 Å². The molecule has 0 radical (unpaired) electrons. The first kappa shape index (κ1) is 15.6. The Kier molecular flexibility index (Phi) is 6.76. The molecule has 0 saturated heterocycles. The van der Waals surface area contributed by atoms with Crippen molar-refractivity contribution in [2.45, 2.75) is 31.7 Å². The number of nitrogens with one attached hydrogen (secondary N) is 1. The van der Waals surface area contributed by atoms with Crippen LogP contribution in [0.4, 0.5) is 0 Å². The predicted octanol–water partition coefficient (Wildman–Crippen LogP) is 1.44. The Labute approximate surface area is 117 Å². The third-order valence-electron chi connectivity index (χ3n) is 2.76. The van der Waals surface area contributed by atoms with Crippen molar-refractivity contribution in [3.05, 3.63) is 30.1 Å². The Morgan fingerprint density at radius 1 is 1.40 bits per heavy atom. The third-order valence-corrected chi connectivity index (χ3v) is 2.76. The smallest absolute Gasteiger partial charge is 0.328 e. The molecule has 1 rings (SSSR count). The maximum absolute atomic E-state index is 12.0. The number of carbonyl (C=O) groups excluding carboxylic acids is 2. The lowest BCUT2D eigenvalue weighted by Gasteiger charge is -2.16. The second-order valence-corrected chi connectivity index (χ2v) is 4.19. The van der Waals surface area contributed by atoms with E-state index < -0.39 is 12.0 Å². The Hall–Kier alpha value is -2.42. The van der Waals surface area contributed by atoms with Gasteiger partial charge in [-0.1, -0.05) is 0 Å². The maximum atomic E-state index is 12.0. The highest BCUT2D eigenvalue weighted by molar-refractivity contribution is 5.96. The number of rotatable bonds is 7. The average Bonchev–Trinajstić information content (AvgIpc) is 2.50. The van der Waals surface area contributed by atoms with Gasteiger partial charge in [0.15, 0.2) is 0 Å². The van der Waals surface area contributed by atoms with Crippen LogP contribution in [0.15, 0.2) is 24.5 Å². The predicted molar refractivity (Wildman–Crippen MR) is 71.6 cm³/mol. The molecular formula is C14H17N3O3. The monoisotopic (exact) mass is 275 g/mol. The van der Waals surface area contributed by atoms with Crippen LogP contribution in [0, 0.1) is 11.3 Å². The molecule has 0 aromatic carbocycles. The van der Waals surface area contributed by atoms with E-state index in [0.717, 1.165) is 0 Å². The molecule has 1 heterocycles. The number of hydrogen-bond acceptors (Lipinski definition) is 5. The SMILES string of the molecule is COC(=O)[C@H](CCCCC#N)NC(=O)c1ccncc1. The summed E-state index contributed by atoms with van der Waals surface area (Å²) >= 11 is 0. The van der Waals surface area contributed by atoms with Gasteiger partial charge >= 0.3 is 5.97 Å². The minimum atomic E-state index is -0.695. The molecule has 1 atom stereocenters. The normalized spacial score (nSPS) is 11.2. The van der Waals surface area contributed by atoms with Crippen LogP contribution in [0.25, 0.3) is 0 Å². The lowest BCUT2D eigenvalue weighted by atomic mass is 10.1. The summed E-state index contributed by atoms with van der Waals surface area (Å²) in [5, 5.41) is 11.1. The minimum absolute atomic E-state index is 0.344. The van der Waals surface area contributed by atoms with E-state index in [1.807, 2.05) is 6.07 Å². The second kappa shape index (κ2) is 8.64. The van der Waals surface area contributed by atoms with Gasteiger partial charge in [0.1, 0.15) is 6.04 Å². The van der Waals surface area contributed by atoms with Crippen LogP contribution < -0.4 is 5.32 Å². The third kappa shape index (κ3) is 5.06. The maximum Gasteiger partial charge on any atom is 0.328 e. The highest BCUT2D eigenvalue weighted by Crippen LogP contribution is 2.06. The van der Waals surface area contributed by atoms with Crippen LogP contribution >= 0.6 is 0 Å². The topological polar surface area (TPSA) is 92.1 Å². The first-order chi connectivity index (χ1) is 9.69. The summed E-state index contributed by atoms with van der Waals surface area (Å²) in [7, 11) is 1.28. The summed E-state index contributed by atoms with van der Waals surface area (Å²) in [5.74, 6) is -0.826. The summed E-state index contributed by atoms with van der Waals surface area (Å²) in [6, 6.07) is 4.48. The number of amides is 1. The quantitative estimate of drug-likeness (QED) is 0.600. The fraction of sp³-hybridized carbons (Fsp3) is 0.429. The molecule has 1 N–H and O–H groups in total. The summed E-state index contributed by atoms with van der Waals surface area (Å²) in [5.41, 5.74) is 0.436. The number of ether oxygens (including phenoxy) is 1. The summed E-state index contributed by atoms with van der Waals surface area (Å²) in [6.07, 6.45) is 5.26. The van der Waals surface area contributed by atoms with Crippen LogP contribution in [0.5, 0.6) is 0 Å². The van der Waals surface area contributed by atoms with Crippen molar-refractivity contribution in [2.24, 2.45) is 0 Å². The number of nitriles is 1. The van der Waals surface area contributed by atoms with Gasteiger partial charge in [-0.3, -0.25) is 9.78 Å². The zero-order valence-electron chi connectivity index (χ0n) is 11.3. The van der Waals surface area contributed by atoms with Gasteiger partial charge in [-0.25, -0.2) is 4.79 Å². The standard InChI is InChI=1S/C14H17N3O3/c1-20-14(19)12(5-3-2-4-8-15)17-13(18)11-6-9-16-10-7-11/h6-7,9-10,12H,2-5H2,1H3,(H,17,18)/t12-/m0/s1. The molecule has 0 unspecified atom stereocenters. The lowest BCUT2D eigenvalue weighted by molar-refractivity contribution is -0.143. The summed E-state index contributed by atoms with van der Waals surface area (Å²) < 4.78 is 4.68. The molecule has 6 heteroatoms. The Morgan fingerprint density at radius 2 is 2.10 bits per heavy atom. The van der Waals surface area contributed by atoms with E-state index in [2.05, 4.69) is 15.0 Å². The van der Waals surface area contributed by atoms with E-state index in [1.54, 1.807) is 12.1 Å². The molecule has 1 aromatic rings. The molecule has 20 heavy (non-hydrogen) atoms. The van der Waals surface area contributed by atoms with Gasteiger partial charge in [0, 0.05) is 24.4 Å². The fourth-order valence-corrected chi connectivity index (χ4v) is 1.69. The molecule has 0 fully saturated rings. The van der Waals surface area contributed by atoms with Gasteiger partial charge in [-0.2, -0.15) is 5.26 Å². The number of unbranched alkanes of at least 4 members (excludes halogenated alkanes) is 2. The Bertz CT molecular complexity index is 482. The van der Waals surface area contributed by atoms with Gasteiger partial charge in [0.05, 0.1) is 13.2 Å². The Morgan fingerprint density at radius 3 is 2.70 bits per heavy atom. The molecule has 1 aromatic heterocycles. The van der Waals surface area contributed by atoms with Crippen molar-refractivity contribution in [1.82, 2.24) is 10.3 Å². The van der Waals surface area contributed by atoms with Crippen molar-refractivity contribution in [1.29, 1.82) is 5.26 Å². The van der Waals surface area contributed by atoms with Crippen molar-refractivity contribution in [2.75, 3.05) is 7.11 Å². The van der Waals surface area contributed by atoms with Crippen molar-refractivity contribution >= 4 is 11.9 Å². The molecule has 0 aliphatic heterocycles. The molecule has 106 valence electrons. The van der Waals surface area contributed by atoms with E-state index in [9.17, 15) is 9.59 Å². The molecule has 1 amide bonds. The molecular weight excluding hydrogens is 258 g/mol. The van der Waals surface area contributed by atoms with Crippen LogP contribution in [0.2, 0.25) is 0 Å². The minimum Gasteiger partial charge on any atom is -0.467 e. The highest BCUT2D eigenvalue weighted by Gasteiger charge is 2.21. The largest absolute Gasteiger partial charge is 0.467 e. The number of nitrogens with zero attached hydrogens (tertiary/aromatic N) is 2. The number of hydrogen-bond donors (Lipinski definition) is 1. The zero-order chi connectivity index (χ0) is 14.8. The van der Waals surface area contributed by atoms with Crippen LogP contribution in [0.3, 0.4) is 0 Å². The number of aromatic nitrogens is 1. The van der Waals surface area contributed by atoms with E-state index in [0.29, 0.717) is 31.2 Å². The molecule has 0 aliphatic carbocycles. The van der Waals surface area contributed by atoms with E-state index in [4.69, 9.17) is 5.26 Å². The first-order valence-electron chi connectivity index (χ1n) is 6.34. The molecule has 0 aliphatic rings. The van der Waals surface area contributed by atoms with Gasteiger partial charge in [-0.15, -0.1) is 0 Å². The first-order valence-corrected chi connectivity index (χ1v) is 6.34.